The Morgan fingerprint density at radius 3 is 2.79 bits per heavy atom. The molecule has 0 unspecified atom stereocenters. The van der Waals surface area contributed by atoms with Crippen LogP contribution in [-0.4, -0.2) is 39.8 Å². The van der Waals surface area contributed by atoms with Crippen LogP contribution in [0, 0.1) is 6.92 Å². The molecule has 6 nitrogen and oxygen atoms in total. The van der Waals surface area contributed by atoms with E-state index in [0.29, 0.717) is 11.8 Å². The molecule has 1 aliphatic carbocycles. The molecule has 2 heterocycles. The first-order chi connectivity index (χ1) is 11.7. The summed E-state index contributed by atoms with van der Waals surface area (Å²) in [6.07, 6.45) is 7.64. The molecule has 2 aromatic rings. The fraction of sp³-hybridized carbons (Fsp3) is 0.278. The Morgan fingerprint density at radius 1 is 1.17 bits per heavy atom. The number of benzene rings is 1. The van der Waals surface area contributed by atoms with Crippen LogP contribution < -0.4 is 0 Å². The SMILES string of the molecule is Cc1ccc(-c2nnc(CN3C(=O)CO[C@H]4C=CC=C[C@@H]43)o2)cc1. The minimum atomic E-state index is -0.133. The topological polar surface area (TPSA) is 68.5 Å². The van der Waals surface area contributed by atoms with Crippen LogP contribution in [0.2, 0.25) is 0 Å². The molecular weight excluding hydrogens is 306 g/mol. The van der Waals surface area contributed by atoms with E-state index in [4.69, 9.17) is 9.15 Å². The number of rotatable bonds is 3. The number of aryl methyl sites for hydroxylation is 1. The van der Waals surface area contributed by atoms with Crippen LogP contribution in [-0.2, 0) is 16.1 Å². The Kier molecular flexibility index (Phi) is 3.74. The number of aromatic nitrogens is 2. The zero-order valence-electron chi connectivity index (χ0n) is 13.3. The zero-order chi connectivity index (χ0) is 16.5. The van der Waals surface area contributed by atoms with E-state index in [9.17, 15) is 4.79 Å². The van der Waals surface area contributed by atoms with Crippen molar-refractivity contribution in [1.82, 2.24) is 15.1 Å². The van der Waals surface area contributed by atoms with Crippen molar-refractivity contribution in [2.24, 2.45) is 0 Å². The summed E-state index contributed by atoms with van der Waals surface area (Å²) in [4.78, 5) is 13.9. The van der Waals surface area contributed by atoms with Crippen molar-refractivity contribution >= 4 is 5.91 Å². The molecule has 4 rings (SSSR count). The molecule has 122 valence electrons. The van der Waals surface area contributed by atoms with Gasteiger partial charge in [0.05, 0.1) is 12.6 Å². The second kappa shape index (κ2) is 6.05. The molecule has 2 atom stereocenters. The van der Waals surface area contributed by atoms with Crippen LogP contribution in [0.25, 0.3) is 11.5 Å². The Hall–Kier alpha value is -2.73. The first kappa shape index (κ1) is 14.8. The van der Waals surface area contributed by atoms with Crippen LogP contribution in [0.3, 0.4) is 0 Å². The Bertz CT molecular complexity index is 807. The summed E-state index contributed by atoms with van der Waals surface area (Å²) in [6, 6.07) is 7.74. The van der Waals surface area contributed by atoms with E-state index >= 15 is 0 Å². The van der Waals surface area contributed by atoms with Gasteiger partial charge in [0.25, 0.3) is 0 Å². The molecule has 1 fully saturated rings. The lowest BCUT2D eigenvalue weighted by atomic mass is 10.0. The summed E-state index contributed by atoms with van der Waals surface area (Å²) in [5.41, 5.74) is 2.03. The lowest BCUT2D eigenvalue weighted by Crippen LogP contribution is -2.53. The summed E-state index contributed by atoms with van der Waals surface area (Å²) < 4.78 is 11.3. The lowest BCUT2D eigenvalue weighted by Gasteiger charge is -2.38. The lowest BCUT2D eigenvalue weighted by molar-refractivity contribution is -0.152. The third-order valence-corrected chi connectivity index (χ3v) is 4.21. The van der Waals surface area contributed by atoms with Gasteiger partial charge in [0.2, 0.25) is 17.7 Å². The van der Waals surface area contributed by atoms with Crippen LogP contribution in [0.4, 0.5) is 0 Å². The number of carbonyl (C=O) groups excluding carboxylic acids is 1. The predicted octanol–water partition coefficient (Wildman–Crippen LogP) is 2.27. The number of nitrogens with zero attached hydrogens (tertiary/aromatic N) is 3. The van der Waals surface area contributed by atoms with Crippen LogP contribution >= 0.6 is 0 Å². The maximum atomic E-state index is 12.2. The number of hydrogen-bond donors (Lipinski definition) is 0. The van der Waals surface area contributed by atoms with E-state index in [1.807, 2.05) is 55.5 Å². The van der Waals surface area contributed by atoms with Crippen LogP contribution in [0.15, 0.2) is 53.0 Å². The standard InChI is InChI=1S/C18H17N3O3/c1-12-6-8-13(9-7-12)18-20-19-16(24-18)10-21-14-4-2-3-5-15(14)23-11-17(21)22/h2-9,14-15H,10-11H2,1H3/t14-,15-/m0/s1. The minimum Gasteiger partial charge on any atom is -0.419 e. The number of fused-ring (bicyclic) bond motifs is 1. The van der Waals surface area contributed by atoms with Gasteiger partial charge in [-0.3, -0.25) is 4.79 Å². The second-order valence-electron chi connectivity index (χ2n) is 5.92. The van der Waals surface area contributed by atoms with Crippen molar-refractivity contribution in [2.75, 3.05) is 6.61 Å². The zero-order valence-corrected chi connectivity index (χ0v) is 13.3. The van der Waals surface area contributed by atoms with E-state index in [0.717, 1.165) is 5.56 Å². The maximum absolute atomic E-state index is 12.2. The van der Waals surface area contributed by atoms with Crippen molar-refractivity contribution in [2.45, 2.75) is 25.6 Å². The molecule has 6 heteroatoms. The summed E-state index contributed by atoms with van der Waals surface area (Å²) in [6.45, 7) is 2.37. The Balaban J connectivity index is 1.54. The average Bonchev–Trinajstić information content (AvgIpc) is 3.07. The Morgan fingerprint density at radius 2 is 1.96 bits per heavy atom. The second-order valence-corrected chi connectivity index (χ2v) is 5.92. The average molecular weight is 323 g/mol. The normalized spacial score (nSPS) is 22.7. The molecule has 0 N–H and O–H groups in total. The number of allylic oxidation sites excluding steroid dienone is 2. The van der Waals surface area contributed by atoms with Gasteiger partial charge >= 0.3 is 0 Å². The molecule has 2 aliphatic rings. The first-order valence-electron chi connectivity index (χ1n) is 7.86. The molecular formula is C18H17N3O3. The highest BCUT2D eigenvalue weighted by atomic mass is 16.5. The molecule has 1 aromatic carbocycles. The number of hydrogen-bond acceptors (Lipinski definition) is 5. The smallest absolute Gasteiger partial charge is 0.249 e. The molecule has 0 bridgehead atoms. The van der Waals surface area contributed by atoms with Crippen LogP contribution in [0.1, 0.15) is 11.5 Å². The quantitative estimate of drug-likeness (QED) is 0.867. The highest BCUT2D eigenvalue weighted by molar-refractivity contribution is 5.79. The van der Waals surface area contributed by atoms with Crippen LogP contribution in [0.5, 0.6) is 0 Å². The highest BCUT2D eigenvalue weighted by Gasteiger charge is 2.35. The van der Waals surface area contributed by atoms with E-state index in [1.54, 1.807) is 4.90 Å². The van der Waals surface area contributed by atoms with Gasteiger partial charge in [-0.2, -0.15) is 0 Å². The number of carbonyl (C=O) groups is 1. The molecule has 24 heavy (non-hydrogen) atoms. The van der Waals surface area contributed by atoms with Crippen molar-refractivity contribution in [1.29, 1.82) is 0 Å². The third kappa shape index (κ3) is 2.76. The monoisotopic (exact) mass is 323 g/mol. The van der Waals surface area contributed by atoms with Crippen molar-refractivity contribution in [3.05, 3.63) is 60.0 Å². The van der Waals surface area contributed by atoms with Gasteiger partial charge in [-0.05, 0) is 19.1 Å². The van der Waals surface area contributed by atoms with E-state index in [-0.39, 0.29) is 31.2 Å². The summed E-state index contributed by atoms with van der Waals surface area (Å²) in [5.74, 6) is 0.801. The first-order valence-corrected chi connectivity index (χ1v) is 7.86. The highest BCUT2D eigenvalue weighted by Crippen LogP contribution is 2.24. The third-order valence-electron chi connectivity index (χ3n) is 4.21. The number of amides is 1. The summed E-state index contributed by atoms with van der Waals surface area (Å²) >= 11 is 0. The summed E-state index contributed by atoms with van der Waals surface area (Å²) in [7, 11) is 0. The van der Waals surface area contributed by atoms with Gasteiger partial charge in [-0.15, -0.1) is 10.2 Å². The van der Waals surface area contributed by atoms with E-state index in [2.05, 4.69) is 10.2 Å². The fourth-order valence-electron chi connectivity index (χ4n) is 2.90. The van der Waals surface area contributed by atoms with Gasteiger partial charge in [-0.25, -0.2) is 0 Å². The van der Waals surface area contributed by atoms with Gasteiger partial charge in [0, 0.05) is 5.56 Å². The number of ether oxygens (including phenoxy) is 1. The van der Waals surface area contributed by atoms with E-state index < -0.39 is 0 Å². The maximum Gasteiger partial charge on any atom is 0.249 e. The van der Waals surface area contributed by atoms with Crippen molar-refractivity contribution in [3.8, 4) is 11.5 Å². The minimum absolute atomic E-state index is 0.0678. The van der Waals surface area contributed by atoms with Crippen molar-refractivity contribution in [3.63, 3.8) is 0 Å². The molecule has 1 aromatic heterocycles. The fourth-order valence-corrected chi connectivity index (χ4v) is 2.90. The molecule has 0 radical (unpaired) electrons. The largest absolute Gasteiger partial charge is 0.419 e. The van der Waals surface area contributed by atoms with Gasteiger partial charge in [-0.1, -0.05) is 42.0 Å². The van der Waals surface area contributed by atoms with E-state index in [1.165, 1.54) is 5.56 Å². The van der Waals surface area contributed by atoms with Crippen molar-refractivity contribution < 1.29 is 13.9 Å². The molecule has 1 amide bonds. The van der Waals surface area contributed by atoms with Gasteiger partial charge in [0.1, 0.15) is 12.7 Å². The molecule has 1 saturated heterocycles. The number of morpholine rings is 1. The van der Waals surface area contributed by atoms with Gasteiger partial charge in [0.15, 0.2) is 0 Å². The molecule has 0 spiro atoms. The predicted molar refractivity (Wildman–Crippen MR) is 86.8 cm³/mol. The van der Waals surface area contributed by atoms with Gasteiger partial charge < -0.3 is 14.1 Å². The Labute approximate surface area is 139 Å². The molecule has 1 aliphatic heterocycles. The summed E-state index contributed by atoms with van der Waals surface area (Å²) in [5, 5.41) is 8.18. The molecule has 0 saturated carbocycles.